The van der Waals surface area contributed by atoms with Crippen molar-refractivity contribution in [3.8, 4) is 0 Å². The fourth-order valence-electron chi connectivity index (χ4n) is 2.55. The first-order chi connectivity index (χ1) is 11.2. The molecular weight excluding hydrogens is 310 g/mol. The summed E-state index contributed by atoms with van der Waals surface area (Å²) in [6.45, 7) is 6.32. The first-order valence-electron chi connectivity index (χ1n) is 7.79. The Hall–Kier alpha value is -1.76. The van der Waals surface area contributed by atoms with Crippen molar-refractivity contribution in [2.45, 2.75) is 19.9 Å². The van der Waals surface area contributed by atoms with Gasteiger partial charge in [-0.2, -0.15) is 0 Å². The van der Waals surface area contributed by atoms with Crippen molar-refractivity contribution in [2.75, 3.05) is 31.6 Å². The minimum Gasteiger partial charge on any atom is -0.379 e. The smallest absolute Gasteiger partial charge is 0.230 e. The molecule has 1 amide bonds. The molecular formula is C17H21N3O2S. The van der Waals surface area contributed by atoms with Gasteiger partial charge in [0.1, 0.15) is 5.01 Å². The van der Waals surface area contributed by atoms with E-state index in [0.29, 0.717) is 6.42 Å². The number of carbonyl (C=O) groups excluding carboxylic acids is 1. The number of anilines is 1. The lowest BCUT2D eigenvalue weighted by atomic mass is 10.2. The van der Waals surface area contributed by atoms with Crippen molar-refractivity contribution in [2.24, 2.45) is 0 Å². The minimum absolute atomic E-state index is 0.0289. The molecule has 6 heteroatoms. The number of nitrogens with zero attached hydrogens (tertiary/aromatic N) is 2. The lowest BCUT2D eigenvalue weighted by Crippen LogP contribution is -2.35. The predicted molar refractivity (Wildman–Crippen MR) is 91.7 cm³/mol. The third-order valence-corrected chi connectivity index (χ3v) is 4.59. The van der Waals surface area contributed by atoms with Crippen molar-refractivity contribution >= 4 is 22.9 Å². The molecule has 0 aliphatic carbocycles. The van der Waals surface area contributed by atoms with E-state index in [1.54, 1.807) is 11.3 Å². The number of rotatable bonds is 5. The maximum Gasteiger partial charge on any atom is 0.230 e. The van der Waals surface area contributed by atoms with Gasteiger partial charge in [0.05, 0.1) is 31.9 Å². The average Bonchev–Trinajstić information content (AvgIpc) is 2.95. The maximum absolute atomic E-state index is 12.1. The van der Waals surface area contributed by atoms with E-state index in [2.05, 4.69) is 15.2 Å². The largest absolute Gasteiger partial charge is 0.379 e. The van der Waals surface area contributed by atoms with Crippen molar-refractivity contribution in [3.63, 3.8) is 0 Å². The Morgan fingerprint density at radius 2 is 2.22 bits per heavy atom. The molecule has 23 heavy (non-hydrogen) atoms. The second-order valence-electron chi connectivity index (χ2n) is 5.72. The summed E-state index contributed by atoms with van der Waals surface area (Å²) in [5.74, 6) is -0.0289. The molecule has 1 fully saturated rings. The van der Waals surface area contributed by atoms with E-state index in [9.17, 15) is 4.79 Å². The van der Waals surface area contributed by atoms with E-state index in [1.807, 2.05) is 36.6 Å². The summed E-state index contributed by atoms with van der Waals surface area (Å²) >= 11 is 1.62. The zero-order chi connectivity index (χ0) is 16.1. The molecule has 2 aromatic rings. The lowest BCUT2D eigenvalue weighted by Gasteiger charge is -2.25. The van der Waals surface area contributed by atoms with Crippen LogP contribution in [0.3, 0.4) is 0 Å². The zero-order valence-corrected chi connectivity index (χ0v) is 14.1. The van der Waals surface area contributed by atoms with Crippen LogP contribution < -0.4 is 5.32 Å². The van der Waals surface area contributed by atoms with E-state index in [-0.39, 0.29) is 5.91 Å². The van der Waals surface area contributed by atoms with E-state index in [4.69, 9.17) is 4.74 Å². The van der Waals surface area contributed by atoms with Crippen LogP contribution in [0, 0.1) is 6.92 Å². The molecule has 1 aliphatic rings. The Morgan fingerprint density at radius 3 is 3.00 bits per heavy atom. The second kappa shape index (κ2) is 7.68. The number of aromatic nitrogens is 1. The van der Waals surface area contributed by atoms with Gasteiger partial charge < -0.3 is 10.1 Å². The number of carbonyl (C=O) groups is 1. The quantitative estimate of drug-likeness (QED) is 0.914. The molecule has 1 aliphatic heterocycles. The number of nitrogens with one attached hydrogen (secondary N) is 1. The molecule has 0 unspecified atom stereocenters. The second-order valence-corrected chi connectivity index (χ2v) is 6.66. The standard InChI is InChI=1S/C17H21N3O2S/c1-13-3-2-4-14(9-13)18-16(21)10-15-12-23-17(19-15)11-20-5-7-22-8-6-20/h2-4,9,12H,5-8,10-11H2,1H3,(H,18,21). The Kier molecular flexibility index (Phi) is 5.38. The molecule has 2 heterocycles. The highest BCUT2D eigenvalue weighted by molar-refractivity contribution is 7.09. The fourth-order valence-corrected chi connectivity index (χ4v) is 3.38. The molecule has 122 valence electrons. The molecule has 0 radical (unpaired) electrons. The molecule has 5 nitrogen and oxygen atoms in total. The van der Waals surface area contributed by atoms with Crippen LogP contribution in [-0.2, 0) is 22.5 Å². The van der Waals surface area contributed by atoms with Gasteiger partial charge in [0.2, 0.25) is 5.91 Å². The summed E-state index contributed by atoms with van der Waals surface area (Å²) in [6.07, 6.45) is 0.313. The fraction of sp³-hybridized carbons (Fsp3) is 0.412. The van der Waals surface area contributed by atoms with Crippen LogP contribution in [0.25, 0.3) is 0 Å². The van der Waals surface area contributed by atoms with Crippen LogP contribution in [0.15, 0.2) is 29.6 Å². The monoisotopic (exact) mass is 331 g/mol. The van der Waals surface area contributed by atoms with Gasteiger partial charge in [0.15, 0.2) is 0 Å². The number of morpholine rings is 1. The van der Waals surface area contributed by atoms with Gasteiger partial charge >= 0.3 is 0 Å². The first-order valence-corrected chi connectivity index (χ1v) is 8.67. The third-order valence-electron chi connectivity index (χ3n) is 3.71. The predicted octanol–water partition coefficient (Wildman–Crippen LogP) is 2.46. The van der Waals surface area contributed by atoms with Gasteiger partial charge in [-0.25, -0.2) is 4.98 Å². The van der Waals surface area contributed by atoms with Gasteiger partial charge in [-0.05, 0) is 24.6 Å². The lowest BCUT2D eigenvalue weighted by molar-refractivity contribution is -0.115. The minimum atomic E-state index is -0.0289. The number of amides is 1. The van der Waals surface area contributed by atoms with Gasteiger partial charge in [0.25, 0.3) is 0 Å². The van der Waals surface area contributed by atoms with E-state index >= 15 is 0 Å². The first kappa shape index (κ1) is 16.1. The van der Waals surface area contributed by atoms with Crippen molar-refractivity contribution in [1.82, 2.24) is 9.88 Å². The molecule has 3 rings (SSSR count). The number of hydrogen-bond donors (Lipinski definition) is 1. The van der Waals surface area contributed by atoms with Crippen molar-refractivity contribution in [1.29, 1.82) is 0 Å². The topological polar surface area (TPSA) is 54.5 Å². The summed E-state index contributed by atoms with van der Waals surface area (Å²) in [5, 5.41) is 5.96. The number of benzene rings is 1. The molecule has 1 N–H and O–H groups in total. The molecule has 1 aromatic carbocycles. The van der Waals surface area contributed by atoms with Crippen LogP contribution >= 0.6 is 11.3 Å². The third kappa shape index (κ3) is 4.86. The van der Waals surface area contributed by atoms with E-state index in [1.165, 1.54) is 0 Å². The van der Waals surface area contributed by atoms with Crippen LogP contribution in [0.5, 0.6) is 0 Å². The van der Waals surface area contributed by atoms with Crippen LogP contribution in [-0.4, -0.2) is 42.1 Å². The molecule has 0 atom stereocenters. The summed E-state index contributed by atoms with van der Waals surface area (Å²) in [6, 6.07) is 7.81. The SMILES string of the molecule is Cc1cccc(NC(=O)Cc2csc(CN3CCOCC3)n2)c1. The van der Waals surface area contributed by atoms with Gasteiger partial charge in [-0.1, -0.05) is 12.1 Å². The van der Waals surface area contributed by atoms with Crippen LogP contribution in [0.4, 0.5) is 5.69 Å². The molecule has 1 saturated heterocycles. The molecule has 1 aromatic heterocycles. The van der Waals surface area contributed by atoms with Gasteiger partial charge in [-0.3, -0.25) is 9.69 Å². The highest BCUT2D eigenvalue weighted by Crippen LogP contribution is 2.15. The Bertz CT molecular complexity index is 665. The summed E-state index contributed by atoms with van der Waals surface area (Å²) in [5.41, 5.74) is 2.80. The molecule has 0 spiro atoms. The highest BCUT2D eigenvalue weighted by atomic mass is 32.1. The number of hydrogen-bond acceptors (Lipinski definition) is 5. The number of ether oxygens (including phenoxy) is 1. The van der Waals surface area contributed by atoms with Gasteiger partial charge in [-0.15, -0.1) is 11.3 Å². The number of aryl methyl sites for hydroxylation is 1. The highest BCUT2D eigenvalue weighted by Gasteiger charge is 2.14. The number of thiazole rings is 1. The summed E-state index contributed by atoms with van der Waals surface area (Å²) in [4.78, 5) is 19.0. The van der Waals surface area contributed by atoms with Crippen LogP contribution in [0.2, 0.25) is 0 Å². The summed E-state index contributed by atoms with van der Waals surface area (Å²) in [7, 11) is 0. The average molecular weight is 331 g/mol. The summed E-state index contributed by atoms with van der Waals surface area (Å²) < 4.78 is 5.35. The Morgan fingerprint density at radius 1 is 1.39 bits per heavy atom. The molecule has 0 saturated carbocycles. The van der Waals surface area contributed by atoms with E-state index in [0.717, 1.165) is 54.8 Å². The van der Waals surface area contributed by atoms with Gasteiger partial charge in [0, 0.05) is 24.2 Å². The zero-order valence-electron chi connectivity index (χ0n) is 13.2. The normalized spacial score (nSPS) is 15.5. The van der Waals surface area contributed by atoms with Crippen molar-refractivity contribution < 1.29 is 9.53 Å². The Labute approximate surface area is 140 Å². The van der Waals surface area contributed by atoms with Crippen molar-refractivity contribution in [3.05, 3.63) is 45.9 Å². The van der Waals surface area contributed by atoms with Crippen LogP contribution in [0.1, 0.15) is 16.3 Å². The maximum atomic E-state index is 12.1. The molecule has 0 bridgehead atoms. The Balaban J connectivity index is 1.52. The van der Waals surface area contributed by atoms with E-state index < -0.39 is 0 Å².